The molecule has 0 saturated carbocycles. The minimum atomic E-state index is -0.570. The highest BCUT2D eigenvalue weighted by Crippen LogP contribution is 2.18. The van der Waals surface area contributed by atoms with E-state index in [2.05, 4.69) is 28.6 Å². The minimum absolute atomic E-state index is 0.346. The zero-order chi connectivity index (χ0) is 15.2. The molecule has 0 aliphatic rings. The number of benzene rings is 1. The summed E-state index contributed by atoms with van der Waals surface area (Å²) in [7, 11) is 0. The number of anilines is 1. The third-order valence-corrected chi connectivity index (χ3v) is 2.63. The predicted molar refractivity (Wildman–Crippen MR) is 80.9 cm³/mol. The number of pyridine rings is 1. The van der Waals surface area contributed by atoms with Gasteiger partial charge in [0.2, 0.25) is 5.95 Å². The zero-order valence-corrected chi connectivity index (χ0v) is 11.2. The van der Waals surface area contributed by atoms with Crippen LogP contribution in [0.3, 0.4) is 0 Å². The lowest BCUT2D eigenvalue weighted by atomic mass is 10.2. The summed E-state index contributed by atoms with van der Waals surface area (Å²) in [5, 5.41) is 2.94. The maximum absolute atomic E-state index is 13.1. The molecule has 0 spiro atoms. The zero-order valence-electron chi connectivity index (χ0n) is 11.2. The molecule has 0 atom stereocenters. The lowest BCUT2D eigenvalue weighted by molar-refractivity contribution is 0.583. The number of halogens is 2. The molecule has 0 bridgehead atoms. The highest BCUT2D eigenvalue weighted by atomic mass is 19.1. The van der Waals surface area contributed by atoms with Crippen LogP contribution in [0.1, 0.15) is 5.56 Å². The first kappa shape index (κ1) is 14.6. The Labute approximate surface area is 121 Å². The molecule has 0 unspecified atom stereocenters. The highest BCUT2D eigenvalue weighted by molar-refractivity contribution is 5.70. The third-order valence-electron chi connectivity index (χ3n) is 2.63. The van der Waals surface area contributed by atoms with Gasteiger partial charge < -0.3 is 5.32 Å². The summed E-state index contributed by atoms with van der Waals surface area (Å²) in [5.41, 5.74) is 2.15. The average Bonchev–Trinajstić information content (AvgIpc) is 2.46. The van der Waals surface area contributed by atoms with Gasteiger partial charge in [-0.3, -0.25) is 4.99 Å². The van der Waals surface area contributed by atoms with Crippen LogP contribution in [0, 0.1) is 11.8 Å². The number of nitrogens with zero attached hydrogens (tertiary/aromatic N) is 2. The van der Waals surface area contributed by atoms with E-state index in [0.29, 0.717) is 22.6 Å². The van der Waals surface area contributed by atoms with E-state index in [1.807, 2.05) is 0 Å². The standard InChI is InChI=1S/C16H13F2N3/c1-11(21-14-5-3-4-13(17)9-14)8-15(19-2)12-6-7-16(18)20-10-12/h3-10,21H,1-2H2/b15-8-. The van der Waals surface area contributed by atoms with E-state index in [1.54, 1.807) is 18.2 Å². The molecule has 0 saturated heterocycles. The summed E-state index contributed by atoms with van der Waals surface area (Å²) in [6, 6.07) is 8.77. The van der Waals surface area contributed by atoms with Gasteiger partial charge in [0.1, 0.15) is 5.82 Å². The largest absolute Gasteiger partial charge is 0.356 e. The van der Waals surface area contributed by atoms with Gasteiger partial charge in [0.25, 0.3) is 0 Å². The summed E-state index contributed by atoms with van der Waals surface area (Å²) in [6.07, 6.45) is 2.97. The average molecular weight is 285 g/mol. The molecule has 0 aliphatic heterocycles. The van der Waals surface area contributed by atoms with Crippen LogP contribution in [-0.2, 0) is 0 Å². The van der Waals surface area contributed by atoms with Gasteiger partial charge in [-0.2, -0.15) is 4.39 Å². The van der Waals surface area contributed by atoms with Gasteiger partial charge in [0.05, 0.1) is 5.70 Å². The van der Waals surface area contributed by atoms with Crippen LogP contribution < -0.4 is 5.32 Å². The van der Waals surface area contributed by atoms with E-state index in [9.17, 15) is 8.78 Å². The van der Waals surface area contributed by atoms with E-state index < -0.39 is 5.95 Å². The normalized spacial score (nSPS) is 11.0. The van der Waals surface area contributed by atoms with Gasteiger partial charge in [0, 0.05) is 23.1 Å². The molecule has 106 valence electrons. The second-order valence-electron chi connectivity index (χ2n) is 4.22. The Morgan fingerprint density at radius 2 is 2.05 bits per heavy atom. The number of aromatic nitrogens is 1. The molecular formula is C16H13F2N3. The molecule has 21 heavy (non-hydrogen) atoms. The molecule has 1 N–H and O–H groups in total. The maximum atomic E-state index is 13.1. The number of rotatable bonds is 5. The number of allylic oxidation sites excluding steroid dienone is 1. The maximum Gasteiger partial charge on any atom is 0.212 e. The lowest BCUT2D eigenvalue weighted by Crippen LogP contribution is -1.97. The quantitative estimate of drug-likeness (QED) is 0.511. The molecule has 2 aromatic rings. The van der Waals surface area contributed by atoms with Gasteiger partial charge in [-0.25, -0.2) is 9.37 Å². The summed E-state index contributed by atoms with van der Waals surface area (Å²) in [4.78, 5) is 7.42. The van der Waals surface area contributed by atoms with Crippen molar-refractivity contribution in [3.8, 4) is 0 Å². The van der Waals surface area contributed by atoms with Crippen LogP contribution in [0.2, 0.25) is 0 Å². The first-order valence-electron chi connectivity index (χ1n) is 6.10. The second-order valence-corrected chi connectivity index (χ2v) is 4.22. The smallest absolute Gasteiger partial charge is 0.212 e. The highest BCUT2D eigenvalue weighted by Gasteiger charge is 2.02. The number of nitrogens with one attached hydrogen (secondary N) is 1. The van der Waals surface area contributed by atoms with Gasteiger partial charge in [-0.05, 0) is 43.1 Å². The molecule has 0 radical (unpaired) electrons. The van der Waals surface area contributed by atoms with Gasteiger partial charge in [0.15, 0.2) is 0 Å². The Kier molecular flexibility index (Phi) is 4.56. The molecule has 1 aromatic carbocycles. The fourth-order valence-electron chi connectivity index (χ4n) is 1.70. The van der Waals surface area contributed by atoms with Crippen LogP contribution in [0.5, 0.6) is 0 Å². The first-order valence-corrected chi connectivity index (χ1v) is 6.10. The third kappa shape index (κ3) is 4.07. The van der Waals surface area contributed by atoms with Crippen molar-refractivity contribution in [3.63, 3.8) is 0 Å². The van der Waals surface area contributed by atoms with Gasteiger partial charge in [-0.15, -0.1) is 0 Å². The Hall–Kier alpha value is -2.82. The lowest BCUT2D eigenvalue weighted by Gasteiger charge is -2.07. The predicted octanol–water partition coefficient (Wildman–Crippen LogP) is 4.03. The minimum Gasteiger partial charge on any atom is -0.356 e. The van der Waals surface area contributed by atoms with Crippen molar-refractivity contribution in [2.24, 2.45) is 4.99 Å². The topological polar surface area (TPSA) is 37.3 Å². The van der Waals surface area contributed by atoms with E-state index in [4.69, 9.17) is 0 Å². The van der Waals surface area contributed by atoms with E-state index >= 15 is 0 Å². The SMILES string of the molecule is C=N/C(=C\C(=C)Nc1cccc(F)c1)c1ccc(F)nc1. The van der Waals surface area contributed by atoms with Gasteiger partial charge in [-0.1, -0.05) is 12.6 Å². The van der Waals surface area contributed by atoms with Crippen molar-refractivity contribution in [2.45, 2.75) is 0 Å². The van der Waals surface area contributed by atoms with Crippen molar-refractivity contribution in [1.82, 2.24) is 4.98 Å². The molecule has 3 nitrogen and oxygen atoms in total. The summed E-state index contributed by atoms with van der Waals surface area (Å²) >= 11 is 0. The molecular weight excluding hydrogens is 272 g/mol. The number of aliphatic imine (C=N–C) groups is 1. The van der Waals surface area contributed by atoms with E-state index in [-0.39, 0.29) is 5.82 Å². The first-order chi connectivity index (χ1) is 10.1. The summed E-state index contributed by atoms with van der Waals surface area (Å²) in [6.45, 7) is 7.28. The summed E-state index contributed by atoms with van der Waals surface area (Å²) in [5.74, 6) is -0.916. The Morgan fingerprint density at radius 1 is 1.24 bits per heavy atom. The van der Waals surface area contributed by atoms with Gasteiger partial charge >= 0.3 is 0 Å². The molecule has 1 aromatic heterocycles. The molecule has 5 heteroatoms. The second kappa shape index (κ2) is 6.56. The molecule has 2 rings (SSSR count). The number of hydrogen-bond donors (Lipinski definition) is 1. The van der Waals surface area contributed by atoms with Crippen molar-refractivity contribution in [1.29, 1.82) is 0 Å². The Bertz CT molecular complexity index is 691. The van der Waals surface area contributed by atoms with Crippen LogP contribution >= 0.6 is 0 Å². The fourth-order valence-corrected chi connectivity index (χ4v) is 1.70. The monoisotopic (exact) mass is 285 g/mol. The fraction of sp³-hybridized carbons (Fsp3) is 0. The molecule has 0 aliphatic carbocycles. The molecule has 1 heterocycles. The van der Waals surface area contributed by atoms with Crippen LogP contribution in [0.4, 0.5) is 14.5 Å². The van der Waals surface area contributed by atoms with Crippen LogP contribution in [0.25, 0.3) is 5.70 Å². The summed E-state index contributed by atoms with van der Waals surface area (Å²) < 4.78 is 25.9. The van der Waals surface area contributed by atoms with Crippen LogP contribution in [0.15, 0.2) is 65.9 Å². The molecule has 0 amide bonds. The Morgan fingerprint density at radius 3 is 2.67 bits per heavy atom. The van der Waals surface area contributed by atoms with Crippen molar-refractivity contribution in [2.75, 3.05) is 5.32 Å². The van der Waals surface area contributed by atoms with Crippen molar-refractivity contribution >= 4 is 18.1 Å². The van der Waals surface area contributed by atoms with E-state index in [1.165, 1.54) is 30.5 Å². The van der Waals surface area contributed by atoms with Crippen molar-refractivity contribution in [3.05, 3.63) is 78.3 Å². The van der Waals surface area contributed by atoms with E-state index in [0.717, 1.165) is 0 Å². The van der Waals surface area contributed by atoms with Crippen molar-refractivity contribution < 1.29 is 8.78 Å². The number of hydrogen-bond acceptors (Lipinski definition) is 3. The molecule has 0 fully saturated rings. The Balaban J connectivity index is 2.17. The van der Waals surface area contributed by atoms with Crippen LogP contribution in [-0.4, -0.2) is 11.7 Å².